The van der Waals surface area contributed by atoms with Gasteiger partial charge in [0, 0.05) is 44.0 Å². The van der Waals surface area contributed by atoms with E-state index >= 15 is 0 Å². The number of fused-ring (bicyclic) bond motifs is 1. The van der Waals surface area contributed by atoms with Crippen LogP contribution in [0.15, 0.2) is 59.5 Å². The maximum atomic E-state index is 12.1. The Morgan fingerprint density at radius 3 is 2.54 bits per heavy atom. The smallest absolute Gasteiger partial charge is 0.303 e. The number of para-hydroxylation sites is 1. The molecule has 1 aliphatic rings. The molecule has 4 aromatic rings. The molecule has 0 bridgehead atoms. The Morgan fingerprint density at radius 2 is 1.84 bits per heavy atom. The standard InChI is InChI=1S/C28H30N2O6S/c1-5-22-16(2)26(34-17(3)31)27(35-18(4)32)28(36-22)30-15-19(20-9-6-7-10-21(20)30)13-25-29-14-24(37-25)23-11-8-12-33-23/h6-12,14-16,22,26-28H,5,13H2,1-4H3/t16-,22-,26+,27-,28-/m1/s1. The third-order valence-corrected chi connectivity index (χ3v) is 7.80. The Morgan fingerprint density at radius 1 is 1.08 bits per heavy atom. The van der Waals surface area contributed by atoms with Crippen LogP contribution < -0.4 is 0 Å². The molecule has 0 spiro atoms. The monoisotopic (exact) mass is 522 g/mol. The summed E-state index contributed by atoms with van der Waals surface area (Å²) < 4.78 is 25.6. The zero-order valence-electron chi connectivity index (χ0n) is 21.2. The maximum absolute atomic E-state index is 12.1. The first-order valence-electron chi connectivity index (χ1n) is 12.4. The largest absolute Gasteiger partial charge is 0.463 e. The molecular weight excluding hydrogens is 492 g/mol. The van der Waals surface area contributed by atoms with Gasteiger partial charge < -0.3 is 23.2 Å². The van der Waals surface area contributed by atoms with Gasteiger partial charge >= 0.3 is 11.9 Å². The predicted octanol–water partition coefficient (Wildman–Crippen LogP) is 5.76. The van der Waals surface area contributed by atoms with Crippen molar-refractivity contribution in [2.45, 2.75) is 65.1 Å². The molecule has 9 heteroatoms. The number of furan rings is 1. The number of hydrogen-bond donors (Lipinski definition) is 0. The molecule has 0 aliphatic carbocycles. The minimum absolute atomic E-state index is 0.147. The lowest BCUT2D eigenvalue weighted by Gasteiger charge is -2.44. The number of benzene rings is 1. The topological polar surface area (TPSA) is 92.8 Å². The zero-order chi connectivity index (χ0) is 26.1. The van der Waals surface area contributed by atoms with E-state index in [1.54, 1.807) is 17.6 Å². The van der Waals surface area contributed by atoms with Crippen LogP contribution in [-0.2, 0) is 30.2 Å². The van der Waals surface area contributed by atoms with E-state index in [9.17, 15) is 9.59 Å². The summed E-state index contributed by atoms with van der Waals surface area (Å²) in [5.41, 5.74) is 2.00. The molecule has 1 saturated heterocycles. The Hall–Kier alpha value is -3.43. The summed E-state index contributed by atoms with van der Waals surface area (Å²) in [6.07, 6.45) is 4.58. The van der Waals surface area contributed by atoms with Gasteiger partial charge in [-0.15, -0.1) is 11.3 Å². The van der Waals surface area contributed by atoms with Crippen molar-refractivity contribution in [2.75, 3.05) is 0 Å². The van der Waals surface area contributed by atoms with Crippen LogP contribution in [0.3, 0.4) is 0 Å². The quantitative estimate of drug-likeness (QED) is 0.285. The second-order valence-corrected chi connectivity index (χ2v) is 10.4. The molecule has 0 unspecified atom stereocenters. The van der Waals surface area contributed by atoms with Crippen molar-refractivity contribution < 1.29 is 28.2 Å². The number of esters is 2. The van der Waals surface area contributed by atoms with Gasteiger partial charge in [0.25, 0.3) is 0 Å². The average molecular weight is 523 g/mol. The fraction of sp³-hybridized carbons (Fsp3) is 0.393. The highest BCUT2D eigenvalue weighted by atomic mass is 32.1. The van der Waals surface area contributed by atoms with Crippen molar-refractivity contribution in [1.29, 1.82) is 0 Å². The van der Waals surface area contributed by atoms with Gasteiger partial charge in [0.15, 0.2) is 12.3 Å². The normalized spacial score (nSPS) is 23.7. The van der Waals surface area contributed by atoms with Crippen LogP contribution in [-0.4, -0.2) is 39.8 Å². The highest BCUT2D eigenvalue weighted by Gasteiger charge is 2.48. The molecule has 0 amide bonds. The van der Waals surface area contributed by atoms with Gasteiger partial charge in [-0.05, 0) is 30.2 Å². The van der Waals surface area contributed by atoms with E-state index in [0.29, 0.717) is 6.42 Å². The zero-order valence-corrected chi connectivity index (χ0v) is 22.1. The van der Waals surface area contributed by atoms with Crippen LogP contribution in [0.25, 0.3) is 21.5 Å². The lowest BCUT2D eigenvalue weighted by molar-refractivity contribution is -0.241. The van der Waals surface area contributed by atoms with Crippen molar-refractivity contribution in [1.82, 2.24) is 9.55 Å². The summed E-state index contributed by atoms with van der Waals surface area (Å²) in [5.74, 6) is -0.227. The van der Waals surface area contributed by atoms with Gasteiger partial charge in [-0.1, -0.05) is 32.0 Å². The molecule has 1 fully saturated rings. The van der Waals surface area contributed by atoms with E-state index in [-0.39, 0.29) is 12.0 Å². The predicted molar refractivity (Wildman–Crippen MR) is 139 cm³/mol. The number of thiazole rings is 1. The van der Waals surface area contributed by atoms with Crippen LogP contribution in [0, 0.1) is 5.92 Å². The summed E-state index contributed by atoms with van der Waals surface area (Å²) in [4.78, 5) is 29.7. The van der Waals surface area contributed by atoms with Crippen molar-refractivity contribution in [3.05, 3.63) is 65.6 Å². The van der Waals surface area contributed by atoms with Crippen LogP contribution in [0.4, 0.5) is 0 Å². The third kappa shape index (κ3) is 5.06. The van der Waals surface area contributed by atoms with E-state index in [2.05, 4.69) is 11.1 Å². The molecule has 3 aromatic heterocycles. The van der Waals surface area contributed by atoms with E-state index in [1.807, 2.05) is 61.1 Å². The number of hydrogen-bond acceptors (Lipinski definition) is 8. The number of rotatable bonds is 7. The van der Waals surface area contributed by atoms with Gasteiger partial charge in [-0.3, -0.25) is 9.59 Å². The average Bonchev–Trinajstić information content (AvgIpc) is 3.62. The number of aromatic nitrogens is 2. The van der Waals surface area contributed by atoms with Crippen LogP contribution in [0.1, 0.15) is 50.9 Å². The highest BCUT2D eigenvalue weighted by molar-refractivity contribution is 7.15. The van der Waals surface area contributed by atoms with Crippen molar-refractivity contribution in [3.8, 4) is 10.6 Å². The first-order chi connectivity index (χ1) is 17.9. The first-order valence-corrected chi connectivity index (χ1v) is 13.2. The molecule has 0 saturated carbocycles. The third-order valence-electron chi connectivity index (χ3n) is 6.79. The highest BCUT2D eigenvalue weighted by Crippen LogP contribution is 2.40. The SMILES string of the molecule is CC[C@H]1O[C@@H](n2cc(Cc3ncc(-c4ccco4)s3)c3ccccc32)[C@H](OC(C)=O)[C@@H](OC(C)=O)[C@@H]1C. The summed E-state index contributed by atoms with van der Waals surface area (Å²) in [6.45, 7) is 6.73. The molecule has 1 aliphatic heterocycles. The molecule has 5 atom stereocenters. The van der Waals surface area contributed by atoms with E-state index < -0.39 is 30.4 Å². The second-order valence-electron chi connectivity index (χ2n) is 9.33. The molecule has 4 heterocycles. The Balaban J connectivity index is 1.55. The fourth-order valence-electron chi connectivity index (χ4n) is 5.14. The van der Waals surface area contributed by atoms with Crippen molar-refractivity contribution >= 4 is 34.2 Å². The van der Waals surface area contributed by atoms with Gasteiger partial charge in [-0.25, -0.2) is 4.98 Å². The molecule has 37 heavy (non-hydrogen) atoms. The number of carbonyl (C=O) groups excluding carboxylic acids is 2. The molecule has 194 valence electrons. The Kier molecular flexibility index (Phi) is 7.17. The number of nitrogens with zero attached hydrogens (tertiary/aromatic N) is 2. The Bertz CT molecular complexity index is 1390. The lowest BCUT2D eigenvalue weighted by atomic mass is 9.88. The molecule has 8 nitrogen and oxygen atoms in total. The number of ether oxygens (including phenoxy) is 3. The summed E-state index contributed by atoms with van der Waals surface area (Å²) in [7, 11) is 0. The minimum Gasteiger partial charge on any atom is -0.463 e. The van der Waals surface area contributed by atoms with Gasteiger partial charge in [0.1, 0.15) is 11.9 Å². The van der Waals surface area contributed by atoms with E-state index in [4.69, 9.17) is 18.6 Å². The van der Waals surface area contributed by atoms with E-state index in [0.717, 1.165) is 38.5 Å². The lowest BCUT2D eigenvalue weighted by Crippen LogP contribution is -2.54. The van der Waals surface area contributed by atoms with Gasteiger partial charge in [0.2, 0.25) is 0 Å². The minimum atomic E-state index is -0.798. The van der Waals surface area contributed by atoms with E-state index in [1.165, 1.54) is 13.8 Å². The molecule has 0 radical (unpaired) electrons. The number of carbonyl (C=O) groups is 2. The summed E-state index contributed by atoms with van der Waals surface area (Å²) in [5, 5.41) is 2.01. The molecule has 1 aromatic carbocycles. The molecular formula is C28H30N2O6S. The maximum Gasteiger partial charge on any atom is 0.303 e. The molecule has 0 N–H and O–H groups in total. The summed E-state index contributed by atoms with van der Waals surface area (Å²) in [6, 6.07) is 11.8. The second kappa shape index (κ2) is 10.5. The van der Waals surface area contributed by atoms with Crippen LogP contribution in [0.5, 0.6) is 0 Å². The molecule has 5 rings (SSSR count). The van der Waals surface area contributed by atoms with Crippen molar-refractivity contribution in [2.24, 2.45) is 5.92 Å². The van der Waals surface area contributed by atoms with Crippen LogP contribution >= 0.6 is 11.3 Å². The van der Waals surface area contributed by atoms with Crippen LogP contribution in [0.2, 0.25) is 0 Å². The first kappa shape index (κ1) is 25.2. The summed E-state index contributed by atoms with van der Waals surface area (Å²) >= 11 is 1.59. The van der Waals surface area contributed by atoms with Crippen molar-refractivity contribution in [3.63, 3.8) is 0 Å². The van der Waals surface area contributed by atoms with Gasteiger partial charge in [-0.2, -0.15) is 0 Å². The van der Waals surface area contributed by atoms with Gasteiger partial charge in [0.05, 0.1) is 27.8 Å². The Labute approximate surface area is 219 Å². The fourth-order valence-corrected chi connectivity index (χ4v) is 6.05.